The van der Waals surface area contributed by atoms with Gasteiger partial charge in [0.1, 0.15) is 0 Å². The van der Waals surface area contributed by atoms with Gasteiger partial charge in [-0.1, -0.05) is 12.8 Å². The molecule has 0 atom stereocenters. The Kier molecular flexibility index (Phi) is 25.9. The van der Waals surface area contributed by atoms with E-state index in [2.05, 4.69) is 0 Å². The fourth-order valence-corrected chi connectivity index (χ4v) is 1.08. The van der Waals surface area contributed by atoms with Crippen molar-refractivity contribution in [3.63, 3.8) is 0 Å². The van der Waals surface area contributed by atoms with E-state index in [9.17, 15) is 28.6 Å². The van der Waals surface area contributed by atoms with Crippen molar-refractivity contribution in [2.75, 3.05) is 13.3 Å². The third kappa shape index (κ3) is 32.0. The second kappa shape index (κ2) is 20.4. The first-order valence-corrected chi connectivity index (χ1v) is 6.06. The summed E-state index contributed by atoms with van der Waals surface area (Å²) in [4.78, 5) is 19.5. The summed E-state index contributed by atoms with van der Waals surface area (Å²) in [5.41, 5.74) is 0. The van der Waals surface area contributed by atoms with Crippen LogP contribution < -0.4 is 10.2 Å². The zero-order chi connectivity index (χ0) is 14.2. The Labute approximate surface area is 142 Å². The zero-order valence-electron chi connectivity index (χ0n) is 11.2. The van der Waals surface area contributed by atoms with Crippen molar-refractivity contribution in [1.29, 1.82) is 0 Å². The van der Waals surface area contributed by atoms with Crippen LogP contribution in [0.25, 0.3) is 0 Å². The summed E-state index contributed by atoms with van der Waals surface area (Å²) in [5, 5.41) is 19.5. The van der Waals surface area contributed by atoms with Gasteiger partial charge in [-0.05, 0) is 38.5 Å². The SMILES string of the molecule is O=C([O-])CCCCCF.O=C([O-])CCCCCF.[Ca+2]. The first-order chi connectivity index (χ1) is 8.54. The molecule has 0 fully saturated rings. The Morgan fingerprint density at radius 2 is 1.00 bits per heavy atom. The number of rotatable bonds is 10. The van der Waals surface area contributed by atoms with E-state index >= 15 is 0 Å². The summed E-state index contributed by atoms with van der Waals surface area (Å²) in [6.07, 6.45) is 3.40. The van der Waals surface area contributed by atoms with Crippen LogP contribution in [0.15, 0.2) is 0 Å². The van der Waals surface area contributed by atoms with Crippen LogP contribution in [0.3, 0.4) is 0 Å². The van der Waals surface area contributed by atoms with E-state index in [-0.39, 0.29) is 63.9 Å². The molecule has 19 heavy (non-hydrogen) atoms. The molecule has 0 N–H and O–H groups in total. The van der Waals surface area contributed by atoms with Crippen molar-refractivity contribution in [2.24, 2.45) is 0 Å². The number of halogens is 2. The number of carboxylic acid groups (broad SMARTS) is 2. The molecule has 0 aliphatic rings. The van der Waals surface area contributed by atoms with E-state index < -0.39 is 11.9 Å². The standard InChI is InChI=1S/2C6H11FO2.Ca/c2*7-5-3-1-2-4-6(8)9;/h2*1-5H2,(H,8,9);/q;;+2/p-2. The molecule has 0 spiro atoms. The Morgan fingerprint density at radius 3 is 1.21 bits per heavy atom. The summed E-state index contributed by atoms with van der Waals surface area (Å²) in [7, 11) is 0. The molecule has 0 bridgehead atoms. The van der Waals surface area contributed by atoms with E-state index in [1.54, 1.807) is 0 Å². The van der Waals surface area contributed by atoms with Crippen LogP contribution in [-0.2, 0) is 9.59 Å². The third-order valence-electron chi connectivity index (χ3n) is 2.03. The topological polar surface area (TPSA) is 80.3 Å². The minimum Gasteiger partial charge on any atom is -0.550 e. The molecule has 0 aliphatic heterocycles. The van der Waals surface area contributed by atoms with Gasteiger partial charge in [-0.25, -0.2) is 0 Å². The number of hydrogen-bond donors (Lipinski definition) is 0. The van der Waals surface area contributed by atoms with Gasteiger partial charge >= 0.3 is 37.7 Å². The first kappa shape index (κ1) is 24.1. The van der Waals surface area contributed by atoms with Crippen molar-refractivity contribution < 1.29 is 28.6 Å². The maximum absolute atomic E-state index is 11.4. The molecule has 0 radical (unpaired) electrons. The fraction of sp³-hybridized carbons (Fsp3) is 0.833. The number of carboxylic acids is 2. The molecule has 4 nitrogen and oxygen atoms in total. The average Bonchev–Trinajstić information content (AvgIpc) is 2.31. The molecule has 0 aromatic heterocycles. The number of carbonyl (C=O) groups is 2. The molecule has 0 amide bonds. The maximum atomic E-state index is 11.4. The minimum absolute atomic E-state index is 0. The van der Waals surface area contributed by atoms with Gasteiger partial charge in [0.2, 0.25) is 0 Å². The van der Waals surface area contributed by atoms with E-state index in [4.69, 9.17) is 0 Å². The summed E-state index contributed by atoms with van der Waals surface area (Å²) in [5.74, 6) is -2.09. The smallest absolute Gasteiger partial charge is 0.550 e. The van der Waals surface area contributed by atoms with Gasteiger partial charge in [-0.15, -0.1) is 0 Å². The predicted octanol–water partition coefficient (Wildman–Crippen LogP) is 0.152. The molecule has 7 heteroatoms. The molecule has 0 unspecified atom stereocenters. The zero-order valence-corrected chi connectivity index (χ0v) is 13.4. The van der Waals surface area contributed by atoms with Crippen LogP contribution in [-0.4, -0.2) is 63.0 Å². The Hall–Kier alpha value is 0.0597. The average molecular weight is 306 g/mol. The van der Waals surface area contributed by atoms with Gasteiger partial charge in [-0.2, -0.15) is 0 Å². The van der Waals surface area contributed by atoms with Gasteiger partial charge in [0.25, 0.3) is 0 Å². The van der Waals surface area contributed by atoms with E-state index in [0.717, 1.165) is 0 Å². The molecule has 0 saturated carbocycles. The molecule has 0 saturated heterocycles. The number of aliphatic carboxylic acids is 2. The van der Waals surface area contributed by atoms with Crippen molar-refractivity contribution in [3.8, 4) is 0 Å². The van der Waals surface area contributed by atoms with Crippen LogP contribution in [0.4, 0.5) is 8.78 Å². The van der Waals surface area contributed by atoms with Gasteiger partial charge in [0.05, 0.1) is 13.3 Å². The predicted molar refractivity (Wildman–Crippen MR) is 64.7 cm³/mol. The van der Waals surface area contributed by atoms with Crippen LogP contribution in [0.5, 0.6) is 0 Å². The molecule has 108 valence electrons. The summed E-state index contributed by atoms with van der Waals surface area (Å²) < 4.78 is 22.7. The van der Waals surface area contributed by atoms with Crippen LogP contribution >= 0.6 is 0 Å². The van der Waals surface area contributed by atoms with Crippen LogP contribution in [0.1, 0.15) is 51.4 Å². The number of unbranched alkanes of at least 4 members (excludes halogenated alkanes) is 4. The van der Waals surface area contributed by atoms with Gasteiger partial charge in [0.15, 0.2) is 0 Å². The minimum atomic E-state index is -1.05. The molecule has 0 aromatic carbocycles. The number of hydrogen-bond acceptors (Lipinski definition) is 4. The second-order valence-corrected chi connectivity index (χ2v) is 3.74. The number of alkyl halides is 2. The summed E-state index contributed by atoms with van der Waals surface area (Å²) >= 11 is 0. The molecule has 0 aliphatic carbocycles. The molecule has 0 rings (SSSR count). The first-order valence-electron chi connectivity index (χ1n) is 6.06. The maximum Gasteiger partial charge on any atom is 2.00 e. The van der Waals surface area contributed by atoms with Gasteiger partial charge < -0.3 is 19.8 Å². The number of carbonyl (C=O) groups excluding carboxylic acids is 2. The Balaban J connectivity index is -0.000000256. The van der Waals surface area contributed by atoms with E-state index in [0.29, 0.717) is 38.5 Å². The molecule has 0 heterocycles. The normalized spacial score (nSPS) is 8.95. The van der Waals surface area contributed by atoms with E-state index in [1.165, 1.54) is 0 Å². The quantitative estimate of drug-likeness (QED) is 0.425. The van der Waals surface area contributed by atoms with Crippen molar-refractivity contribution >= 4 is 49.7 Å². The van der Waals surface area contributed by atoms with Crippen LogP contribution in [0.2, 0.25) is 0 Å². The largest absolute Gasteiger partial charge is 2.00 e. The van der Waals surface area contributed by atoms with Crippen LogP contribution in [0, 0.1) is 0 Å². The molecular weight excluding hydrogens is 286 g/mol. The van der Waals surface area contributed by atoms with Crippen molar-refractivity contribution in [1.82, 2.24) is 0 Å². The Bertz CT molecular complexity index is 194. The van der Waals surface area contributed by atoms with Crippen molar-refractivity contribution in [2.45, 2.75) is 51.4 Å². The fourth-order valence-electron chi connectivity index (χ4n) is 1.08. The van der Waals surface area contributed by atoms with E-state index in [1.807, 2.05) is 0 Å². The van der Waals surface area contributed by atoms with Gasteiger partial charge in [0, 0.05) is 11.9 Å². The second-order valence-electron chi connectivity index (χ2n) is 3.74. The van der Waals surface area contributed by atoms with Crippen molar-refractivity contribution in [3.05, 3.63) is 0 Å². The summed E-state index contributed by atoms with van der Waals surface area (Å²) in [6.45, 7) is -0.708. The monoisotopic (exact) mass is 306 g/mol. The Morgan fingerprint density at radius 1 is 0.684 bits per heavy atom. The molecule has 0 aromatic rings. The third-order valence-corrected chi connectivity index (χ3v) is 2.03. The van der Waals surface area contributed by atoms with Gasteiger partial charge in [-0.3, -0.25) is 8.78 Å². The molecular formula is C12H20CaF2O4. The summed E-state index contributed by atoms with van der Waals surface area (Å²) in [6, 6.07) is 0.